The first-order valence-corrected chi connectivity index (χ1v) is 7.20. The van der Waals surface area contributed by atoms with E-state index >= 15 is 0 Å². The molecule has 1 fully saturated rings. The molecule has 3 nitrogen and oxygen atoms in total. The summed E-state index contributed by atoms with van der Waals surface area (Å²) in [6.45, 7) is 0. The molecule has 0 amide bonds. The highest BCUT2D eigenvalue weighted by molar-refractivity contribution is 9.10. The molecule has 1 aliphatic carbocycles. The predicted molar refractivity (Wildman–Crippen MR) is 82.8 cm³/mol. The number of methoxy groups -OCH3 is 1. The van der Waals surface area contributed by atoms with Gasteiger partial charge in [0, 0.05) is 0 Å². The van der Waals surface area contributed by atoms with E-state index in [0.717, 1.165) is 28.6 Å². The average molecular weight is 351 g/mol. The average Bonchev–Trinajstić information content (AvgIpc) is 2.90. The molecule has 0 saturated heterocycles. The van der Waals surface area contributed by atoms with E-state index in [4.69, 9.17) is 10.5 Å². The Kier molecular flexibility index (Phi) is 6.60. The summed E-state index contributed by atoms with van der Waals surface area (Å²) in [5.41, 5.74) is 7.11. The van der Waals surface area contributed by atoms with Gasteiger partial charge >= 0.3 is 0 Å². The lowest BCUT2D eigenvalue weighted by Crippen LogP contribution is -2.31. The summed E-state index contributed by atoms with van der Waals surface area (Å²) in [5.74, 6) is 1.13. The summed E-state index contributed by atoms with van der Waals surface area (Å²) in [5, 5.41) is 10.3. The Hall–Kier alpha value is -0.290. The fraction of sp³-hybridized carbons (Fsp3) is 0.571. The summed E-state index contributed by atoms with van der Waals surface area (Å²) in [6.07, 6.45) is 4.15. The molecule has 2 rings (SSSR count). The Balaban J connectivity index is 0.00000180. The van der Waals surface area contributed by atoms with Crippen LogP contribution in [0.1, 0.15) is 37.3 Å². The molecule has 0 radical (unpaired) electrons. The van der Waals surface area contributed by atoms with Crippen molar-refractivity contribution >= 4 is 28.3 Å². The van der Waals surface area contributed by atoms with E-state index in [1.807, 2.05) is 18.2 Å². The molecule has 0 unspecified atom stereocenters. The quantitative estimate of drug-likeness (QED) is 0.874. The van der Waals surface area contributed by atoms with Gasteiger partial charge in [0.1, 0.15) is 5.75 Å². The highest BCUT2D eigenvalue weighted by Gasteiger charge is 2.28. The third kappa shape index (κ3) is 3.85. The Labute approximate surface area is 129 Å². The first-order valence-electron chi connectivity index (χ1n) is 6.40. The predicted octanol–water partition coefficient (Wildman–Crippen LogP) is 3.43. The molecule has 108 valence electrons. The summed E-state index contributed by atoms with van der Waals surface area (Å²) in [6, 6.07) is 5.41. The van der Waals surface area contributed by atoms with Gasteiger partial charge in [-0.15, -0.1) is 12.4 Å². The maximum Gasteiger partial charge on any atom is 0.133 e. The highest BCUT2D eigenvalue weighted by atomic mass is 79.9. The van der Waals surface area contributed by atoms with Crippen LogP contribution in [-0.2, 0) is 0 Å². The largest absolute Gasteiger partial charge is 0.496 e. The van der Waals surface area contributed by atoms with Crippen LogP contribution >= 0.6 is 28.3 Å². The number of nitrogens with two attached hydrogens (primary N) is 1. The molecular weight excluding hydrogens is 330 g/mol. The topological polar surface area (TPSA) is 55.5 Å². The van der Waals surface area contributed by atoms with Crippen molar-refractivity contribution in [3.63, 3.8) is 0 Å². The van der Waals surface area contributed by atoms with Crippen molar-refractivity contribution in [3.05, 3.63) is 28.2 Å². The van der Waals surface area contributed by atoms with Gasteiger partial charge in [0.25, 0.3) is 0 Å². The number of hydrogen-bond donors (Lipinski definition) is 2. The van der Waals surface area contributed by atoms with Crippen LogP contribution in [0, 0.1) is 5.92 Å². The number of halogens is 2. The Morgan fingerprint density at radius 2 is 2.00 bits per heavy atom. The first-order chi connectivity index (χ1) is 8.63. The van der Waals surface area contributed by atoms with Crippen molar-refractivity contribution in [2.75, 3.05) is 7.11 Å². The van der Waals surface area contributed by atoms with Gasteiger partial charge in [0.2, 0.25) is 0 Å². The molecule has 0 aliphatic heterocycles. The van der Waals surface area contributed by atoms with E-state index in [1.54, 1.807) is 7.11 Å². The fourth-order valence-corrected chi connectivity index (χ4v) is 3.24. The molecule has 0 aromatic heterocycles. The molecule has 0 bridgehead atoms. The maximum absolute atomic E-state index is 10.3. The van der Waals surface area contributed by atoms with Crippen molar-refractivity contribution in [1.29, 1.82) is 0 Å². The van der Waals surface area contributed by atoms with E-state index in [-0.39, 0.29) is 18.4 Å². The molecule has 5 heteroatoms. The SMILES string of the molecule is COc1ccc([C@H](N)[C@H](O)C2CCCC2)cc1Br.Cl. The second-order valence-electron chi connectivity index (χ2n) is 4.95. The van der Waals surface area contributed by atoms with Gasteiger partial charge in [-0.3, -0.25) is 0 Å². The third-order valence-corrected chi connectivity index (χ3v) is 4.43. The normalized spacial score (nSPS) is 18.7. The molecule has 1 aromatic carbocycles. The molecule has 0 spiro atoms. The zero-order chi connectivity index (χ0) is 13.1. The van der Waals surface area contributed by atoms with Gasteiger partial charge in [-0.05, 0) is 52.4 Å². The molecule has 1 aliphatic rings. The van der Waals surface area contributed by atoms with E-state index in [9.17, 15) is 5.11 Å². The zero-order valence-corrected chi connectivity index (χ0v) is 13.4. The zero-order valence-electron chi connectivity index (χ0n) is 11.0. The van der Waals surface area contributed by atoms with Gasteiger partial charge in [0.05, 0.1) is 23.7 Å². The van der Waals surface area contributed by atoms with Crippen molar-refractivity contribution < 1.29 is 9.84 Å². The molecule has 2 atom stereocenters. The van der Waals surface area contributed by atoms with Crippen LogP contribution in [-0.4, -0.2) is 18.3 Å². The number of rotatable bonds is 4. The first kappa shape index (κ1) is 16.8. The summed E-state index contributed by atoms with van der Waals surface area (Å²) >= 11 is 3.45. The van der Waals surface area contributed by atoms with E-state index in [0.29, 0.717) is 5.92 Å². The molecular formula is C14H21BrClNO2. The molecule has 1 aromatic rings. The van der Waals surface area contributed by atoms with Crippen molar-refractivity contribution in [1.82, 2.24) is 0 Å². The van der Waals surface area contributed by atoms with E-state index in [1.165, 1.54) is 12.8 Å². The van der Waals surface area contributed by atoms with Crippen molar-refractivity contribution in [2.45, 2.75) is 37.8 Å². The van der Waals surface area contributed by atoms with Crippen LogP contribution in [0.4, 0.5) is 0 Å². The number of ether oxygens (including phenoxy) is 1. The molecule has 3 N–H and O–H groups in total. The van der Waals surface area contributed by atoms with Crippen LogP contribution in [0.5, 0.6) is 5.75 Å². The van der Waals surface area contributed by atoms with Gasteiger partial charge in [0.15, 0.2) is 0 Å². The summed E-state index contributed by atoms with van der Waals surface area (Å²) in [7, 11) is 1.63. The highest BCUT2D eigenvalue weighted by Crippen LogP contribution is 2.34. The number of benzene rings is 1. The second kappa shape index (κ2) is 7.48. The monoisotopic (exact) mass is 349 g/mol. The standard InChI is InChI=1S/C14H20BrNO2.ClH/c1-18-12-7-6-10(8-11(12)15)13(16)14(17)9-4-2-3-5-9;/h6-9,13-14,17H,2-5,16H2,1H3;1H/t13-,14+;/m0./s1. The number of aliphatic hydroxyl groups excluding tert-OH is 1. The van der Waals surface area contributed by atoms with E-state index in [2.05, 4.69) is 15.9 Å². The lowest BCUT2D eigenvalue weighted by Gasteiger charge is -2.25. The summed E-state index contributed by atoms with van der Waals surface area (Å²) in [4.78, 5) is 0. The van der Waals surface area contributed by atoms with Crippen LogP contribution < -0.4 is 10.5 Å². The van der Waals surface area contributed by atoms with Gasteiger partial charge in [-0.25, -0.2) is 0 Å². The minimum absolute atomic E-state index is 0. The molecule has 1 saturated carbocycles. The lowest BCUT2D eigenvalue weighted by atomic mass is 9.91. The molecule has 0 heterocycles. The Morgan fingerprint density at radius 1 is 1.37 bits per heavy atom. The van der Waals surface area contributed by atoms with Crippen LogP contribution in [0.3, 0.4) is 0 Å². The van der Waals surface area contributed by atoms with Crippen molar-refractivity contribution in [3.8, 4) is 5.75 Å². The number of aliphatic hydroxyl groups is 1. The summed E-state index contributed by atoms with van der Waals surface area (Å²) < 4.78 is 6.06. The Bertz CT molecular complexity index is 410. The van der Waals surface area contributed by atoms with Gasteiger partial charge in [-0.1, -0.05) is 18.9 Å². The smallest absolute Gasteiger partial charge is 0.133 e. The lowest BCUT2D eigenvalue weighted by molar-refractivity contribution is 0.0844. The Morgan fingerprint density at radius 3 is 2.53 bits per heavy atom. The van der Waals surface area contributed by atoms with Gasteiger partial charge in [-0.2, -0.15) is 0 Å². The van der Waals surface area contributed by atoms with Crippen LogP contribution in [0.15, 0.2) is 22.7 Å². The van der Waals surface area contributed by atoms with Crippen molar-refractivity contribution in [2.24, 2.45) is 11.7 Å². The van der Waals surface area contributed by atoms with Crippen LogP contribution in [0.2, 0.25) is 0 Å². The fourth-order valence-electron chi connectivity index (χ4n) is 2.68. The minimum Gasteiger partial charge on any atom is -0.496 e. The second-order valence-corrected chi connectivity index (χ2v) is 5.81. The van der Waals surface area contributed by atoms with Gasteiger partial charge < -0.3 is 15.6 Å². The maximum atomic E-state index is 10.3. The van der Waals surface area contributed by atoms with E-state index < -0.39 is 6.10 Å². The molecule has 19 heavy (non-hydrogen) atoms. The third-order valence-electron chi connectivity index (χ3n) is 3.81. The van der Waals surface area contributed by atoms with Crippen LogP contribution in [0.25, 0.3) is 0 Å². The number of hydrogen-bond acceptors (Lipinski definition) is 3. The minimum atomic E-state index is -0.451.